The number of hydrogen-bond acceptors (Lipinski definition) is 3. The molecule has 1 rings (SSSR count). The molecule has 0 atom stereocenters. The van der Waals surface area contributed by atoms with Crippen molar-refractivity contribution >= 4 is 23.3 Å². The zero-order valence-corrected chi connectivity index (χ0v) is 6.80. The lowest BCUT2D eigenvalue weighted by molar-refractivity contribution is -0.136. The van der Waals surface area contributed by atoms with Gasteiger partial charge >= 0.3 is 11.9 Å². The van der Waals surface area contributed by atoms with E-state index in [9.17, 15) is 9.59 Å². The molecular weight excluding hydrogens is 180 g/mol. The van der Waals surface area contributed by atoms with Gasteiger partial charge < -0.3 is 10.2 Å². The molecule has 0 spiro atoms. The molecule has 0 aliphatic heterocycles. The standard InChI is InChI=1S/C7H6O4S/c8-6(9)2-4-1-5(7(10)11)12-3-4/h1,3H,2H2,(H,8,9)(H,10,11). The summed E-state index contributed by atoms with van der Waals surface area (Å²) >= 11 is 1.04. The van der Waals surface area contributed by atoms with Crippen LogP contribution in [0.1, 0.15) is 15.2 Å². The number of carboxylic acid groups (broad SMARTS) is 2. The van der Waals surface area contributed by atoms with E-state index >= 15 is 0 Å². The third kappa shape index (κ3) is 2.06. The molecule has 0 saturated heterocycles. The molecule has 1 aromatic rings. The highest BCUT2D eigenvalue weighted by molar-refractivity contribution is 7.12. The number of aromatic carboxylic acids is 1. The highest BCUT2D eigenvalue weighted by Crippen LogP contribution is 2.14. The molecule has 0 amide bonds. The van der Waals surface area contributed by atoms with Crippen LogP contribution in [0.4, 0.5) is 0 Å². The van der Waals surface area contributed by atoms with Crippen LogP contribution in [-0.2, 0) is 11.2 Å². The molecule has 1 aromatic heterocycles. The Morgan fingerprint density at radius 3 is 2.50 bits per heavy atom. The minimum absolute atomic E-state index is 0.121. The lowest BCUT2D eigenvalue weighted by Gasteiger charge is -1.86. The minimum Gasteiger partial charge on any atom is -0.481 e. The maximum Gasteiger partial charge on any atom is 0.345 e. The van der Waals surface area contributed by atoms with Crippen LogP contribution in [-0.4, -0.2) is 22.2 Å². The number of carbonyl (C=O) groups is 2. The summed E-state index contributed by atoms with van der Waals surface area (Å²) in [5.74, 6) is -1.97. The Kier molecular flexibility index (Phi) is 2.44. The highest BCUT2D eigenvalue weighted by Gasteiger charge is 2.08. The molecule has 4 nitrogen and oxygen atoms in total. The lowest BCUT2D eigenvalue weighted by Crippen LogP contribution is -1.98. The Hall–Kier alpha value is -1.36. The summed E-state index contributed by atoms with van der Waals surface area (Å²) in [6.45, 7) is 0. The van der Waals surface area contributed by atoms with E-state index in [0.717, 1.165) is 11.3 Å². The van der Waals surface area contributed by atoms with Gasteiger partial charge in [-0.25, -0.2) is 4.79 Å². The van der Waals surface area contributed by atoms with E-state index in [-0.39, 0.29) is 11.3 Å². The molecule has 0 aromatic carbocycles. The normalized spacial score (nSPS) is 9.67. The summed E-state index contributed by atoms with van der Waals surface area (Å²) in [5, 5.41) is 18.4. The van der Waals surface area contributed by atoms with Crippen molar-refractivity contribution in [1.82, 2.24) is 0 Å². The van der Waals surface area contributed by atoms with E-state index in [0.29, 0.717) is 5.56 Å². The first-order valence-corrected chi connectivity index (χ1v) is 4.00. The van der Waals surface area contributed by atoms with E-state index < -0.39 is 11.9 Å². The van der Waals surface area contributed by atoms with Crippen LogP contribution in [0.2, 0.25) is 0 Å². The first-order chi connectivity index (χ1) is 5.59. The van der Waals surface area contributed by atoms with Crippen molar-refractivity contribution in [1.29, 1.82) is 0 Å². The van der Waals surface area contributed by atoms with Gasteiger partial charge in [0.15, 0.2) is 0 Å². The Bertz CT molecular complexity index is 315. The van der Waals surface area contributed by atoms with E-state index in [4.69, 9.17) is 10.2 Å². The van der Waals surface area contributed by atoms with Gasteiger partial charge in [-0.2, -0.15) is 0 Å². The van der Waals surface area contributed by atoms with Gasteiger partial charge in [0.25, 0.3) is 0 Å². The quantitative estimate of drug-likeness (QED) is 0.740. The molecule has 0 bridgehead atoms. The van der Waals surface area contributed by atoms with E-state index in [1.807, 2.05) is 0 Å². The lowest BCUT2D eigenvalue weighted by atomic mass is 10.2. The number of aliphatic carboxylic acids is 1. The van der Waals surface area contributed by atoms with Gasteiger partial charge in [-0.05, 0) is 17.0 Å². The van der Waals surface area contributed by atoms with Crippen molar-refractivity contribution in [3.05, 3.63) is 21.9 Å². The van der Waals surface area contributed by atoms with Gasteiger partial charge in [0.1, 0.15) is 4.88 Å². The average molecular weight is 186 g/mol. The van der Waals surface area contributed by atoms with Crippen molar-refractivity contribution in [3.8, 4) is 0 Å². The molecule has 0 aliphatic carbocycles. The second kappa shape index (κ2) is 3.36. The van der Waals surface area contributed by atoms with Crippen molar-refractivity contribution in [2.45, 2.75) is 6.42 Å². The molecule has 12 heavy (non-hydrogen) atoms. The third-order valence-electron chi connectivity index (χ3n) is 1.22. The Labute approximate surface area is 72.1 Å². The second-order valence-corrected chi connectivity index (χ2v) is 3.11. The Balaban J connectivity index is 2.77. The maximum absolute atomic E-state index is 10.4. The third-order valence-corrected chi connectivity index (χ3v) is 2.19. The fraction of sp³-hybridized carbons (Fsp3) is 0.143. The van der Waals surface area contributed by atoms with Crippen molar-refractivity contribution in [2.75, 3.05) is 0 Å². The van der Waals surface area contributed by atoms with Gasteiger partial charge in [0.05, 0.1) is 6.42 Å². The summed E-state index contributed by atoms with van der Waals surface area (Å²) in [6, 6.07) is 1.38. The zero-order valence-electron chi connectivity index (χ0n) is 5.98. The molecule has 5 heteroatoms. The monoisotopic (exact) mass is 186 g/mol. The predicted molar refractivity (Wildman–Crippen MR) is 42.6 cm³/mol. The first kappa shape index (κ1) is 8.73. The van der Waals surface area contributed by atoms with E-state index in [2.05, 4.69) is 0 Å². The zero-order chi connectivity index (χ0) is 9.14. The van der Waals surface area contributed by atoms with Gasteiger partial charge in [-0.3, -0.25) is 4.79 Å². The molecule has 64 valence electrons. The van der Waals surface area contributed by atoms with Gasteiger partial charge in [-0.1, -0.05) is 0 Å². The molecule has 0 radical (unpaired) electrons. The van der Waals surface area contributed by atoms with E-state index in [1.54, 1.807) is 0 Å². The van der Waals surface area contributed by atoms with Crippen LogP contribution in [0.15, 0.2) is 11.4 Å². The van der Waals surface area contributed by atoms with Gasteiger partial charge in [-0.15, -0.1) is 11.3 Å². The topological polar surface area (TPSA) is 74.6 Å². The second-order valence-electron chi connectivity index (χ2n) is 2.19. The van der Waals surface area contributed by atoms with Crippen LogP contribution in [0.3, 0.4) is 0 Å². The fourth-order valence-corrected chi connectivity index (χ4v) is 1.51. The van der Waals surface area contributed by atoms with Crippen molar-refractivity contribution < 1.29 is 19.8 Å². The number of thiophene rings is 1. The van der Waals surface area contributed by atoms with Crippen LogP contribution in [0.5, 0.6) is 0 Å². The number of hydrogen-bond donors (Lipinski definition) is 2. The number of rotatable bonds is 3. The van der Waals surface area contributed by atoms with Gasteiger partial charge in [0, 0.05) is 0 Å². The fourth-order valence-electron chi connectivity index (χ4n) is 0.755. The van der Waals surface area contributed by atoms with Crippen LogP contribution in [0.25, 0.3) is 0 Å². The molecule has 2 N–H and O–H groups in total. The summed E-state index contributed by atoms with van der Waals surface area (Å²) in [4.78, 5) is 20.7. The van der Waals surface area contributed by atoms with Gasteiger partial charge in [0.2, 0.25) is 0 Å². The van der Waals surface area contributed by atoms with Crippen molar-refractivity contribution in [2.24, 2.45) is 0 Å². The summed E-state index contributed by atoms with van der Waals surface area (Å²) in [5.41, 5.74) is 0.532. The highest BCUT2D eigenvalue weighted by atomic mass is 32.1. The molecule has 0 fully saturated rings. The SMILES string of the molecule is O=C(O)Cc1csc(C(=O)O)c1. The smallest absolute Gasteiger partial charge is 0.345 e. The van der Waals surface area contributed by atoms with Crippen LogP contribution < -0.4 is 0 Å². The Morgan fingerprint density at radius 1 is 1.42 bits per heavy atom. The summed E-state index contributed by atoms with van der Waals surface area (Å²) < 4.78 is 0. The number of carboxylic acids is 2. The molecule has 0 unspecified atom stereocenters. The predicted octanol–water partition coefficient (Wildman–Crippen LogP) is 1.07. The molecular formula is C7H6O4S. The molecule has 0 aliphatic rings. The minimum atomic E-state index is -1.02. The molecule has 0 saturated carbocycles. The summed E-state index contributed by atoms with van der Waals surface area (Å²) in [6.07, 6.45) is -0.121. The molecule has 1 heterocycles. The summed E-state index contributed by atoms with van der Waals surface area (Å²) in [7, 11) is 0. The maximum atomic E-state index is 10.4. The van der Waals surface area contributed by atoms with Crippen LogP contribution >= 0.6 is 11.3 Å². The average Bonchev–Trinajstić information content (AvgIpc) is 2.34. The largest absolute Gasteiger partial charge is 0.481 e. The van der Waals surface area contributed by atoms with Crippen molar-refractivity contribution in [3.63, 3.8) is 0 Å². The van der Waals surface area contributed by atoms with E-state index in [1.165, 1.54) is 11.4 Å². The first-order valence-electron chi connectivity index (χ1n) is 3.12. The Morgan fingerprint density at radius 2 is 2.08 bits per heavy atom. The van der Waals surface area contributed by atoms with Crippen LogP contribution in [0, 0.1) is 0 Å².